The highest BCUT2D eigenvalue weighted by atomic mass is 32.2. The smallest absolute Gasteiger partial charge is 0.360 e. The average molecular weight is 378 g/mol. The lowest BCUT2D eigenvalue weighted by Crippen LogP contribution is -2.27. The molecule has 0 aliphatic carbocycles. The Hall–Kier alpha value is -2.61. The Morgan fingerprint density at radius 3 is 2.08 bits per heavy atom. The van der Waals surface area contributed by atoms with Gasteiger partial charge >= 0.3 is 5.04 Å². The van der Waals surface area contributed by atoms with Gasteiger partial charge in [0.15, 0.2) is 9.84 Å². The maximum absolute atomic E-state index is 12.8. The number of benzene rings is 2. The summed E-state index contributed by atoms with van der Waals surface area (Å²) in [6, 6.07) is 11.0. The maximum atomic E-state index is 12.8. The third-order valence-corrected chi connectivity index (χ3v) is 6.34. The Morgan fingerprint density at radius 1 is 0.960 bits per heavy atom. The summed E-state index contributed by atoms with van der Waals surface area (Å²) in [5.41, 5.74) is 9.66. The molecule has 0 aliphatic heterocycles. The van der Waals surface area contributed by atoms with Gasteiger partial charge in [-0.2, -0.15) is 0 Å². The monoisotopic (exact) mass is 378 g/mol. The molecular weight excluding hydrogens is 364 g/mol. The standard InChI is InChI=1S/C16H14N2O5S2/c1-11-8-9-13(14(10-11)24(2,20)21)25(22,23)16(18-17)15(19)12-6-4-3-5-7-12/h3-10H,1-2H3. The SMILES string of the molecule is Cc1ccc(S(=O)(=O)C(=[N+]=[N-])C(=O)c2ccccc2)c(S(C)(=O)=O)c1. The van der Waals surface area contributed by atoms with E-state index in [1.807, 2.05) is 0 Å². The van der Waals surface area contributed by atoms with Gasteiger partial charge in [0.2, 0.25) is 0 Å². The summed E-state index contributed by atoms with van der Waals surface area (Å²) in [7, 11) is -8.56. The number of rotatable bonds is 4. The lowest BCUT2D eigenvalue weighted by atomic mass is 10.1. The molecular formula is C16H14N2O5S2. The molecule has 0 heterocycles. The molecule has 0 atom stereocenters. The van der Waals surface area contributed by atoms with Crippen LogP contribution in [0.1, 0.15) is 15.9 Å². The van der Waals surface area contributed by atoms with Crippen molar-refractivity contribution in [1.29, 1.82) is 0 Å². The van der Waals surface area contributed by atoms with Crippen molar-refractivity contribution >= 4 is 30.5 Å². The van der Waals surface area contributed by atoms with Crippen LogP contribution in [-0.4, -0.2) is 38.7 Å². The van der Waals surface area contributed by atoms with E-state index in [1.165, 1.54) is 36.4 Å². The molecule has 0 bridgehead atoms. The fourth-order valence-corrected chi connectivity index (χ4v) is 5.03. The van der Waals surface area contributed by atoms with Gasteiger partial charge in [-0.3, -0.25) is 4.79 Å². The second-order valence-corrected chi connectivity index (χ2v) is 9.14. The fraction of sp³-hybridized carbons (Fsp3) is 0.125. The Morgan fingerprint density at radius 2 is 1.56 bits per heavy atom. The van der Waals surface area contributed by atoms with Gasteiger partial charge in [0.25, 0.3) is 15.6 Å². The van der Waals surface area contributed by atoms with Crippen molar-refractivity contribution in [3.63, 3.8) is 0 Å². The summed E-state index contributed by atoms with van der Waals surface area (Å²) in [5, 5.41) is -1.15. The molecule has 2 rings (SSSR count). The Balaban J connectivity index is 2.71. The van der Waals surface area contributed by atoms with E-state index in [-0.39, 0.29) is 5.56 Å². The normalized spacial score (nSPS) is 11.6. The van der Waals surface area contributed by atoms with Crippen molar-refractivity contribution in [2.24, 2.45) is 0 Å². The van der Waals surface area contributed by atoms with Gasteiger partial charge in [-0.05, 0) is 24.6 Å². The molecule has 0 radical (unpaired) electrons. The van der Waals surface area contributed by atoms with Gasteiger partial charge in [-0.15, -0.1) is 4.79 Å². The van der Waals surface area contributed by atoms with Crippen LogP contribution >= 0.6 is 0 Å². The highest BCUT2D eigenvalue weighted by molar-refractivity contribution is 8.08. The molecule has 0 amide bonds. The third kappa shape index (κ3) is 3.74. The molecule has 2 aromatic rings. The number of sulfone groups is 2. The molecule has 2 aromatic carbocycles. The summed E-state index contributed by atoms with van der Waals surface area (Å²) in [4.78, 5) is 14.0. The number of carbonyl (C=O) groups excluding carboxylic acids is 1. The van der Waals surface area contributed by atoms with Crippen LogP contribution < -0.4 is 0 Å². The number of ketones is 1. The number of carbonyl (C=O) groups is 1. The molecule has 9 heteroatoms. The zero-order valence-corrected chi connectivity index (χ0v) is 15.0. The van der Waals surface area contributed by atoms with Gasteiger partial charge in [0.1, 0.15) is 0 Å². The van der Waals surface area contributed by atoms with Gasteiger partial charge in [0.05, 0.1) is 9.79 Å². The van der Waals surface area contributed by atoms with Gasteiger partial charge < -0.3 is 5.53 Å². The van der Waals surface area contributed by atoms with E-state index in [9.17, 15) is 21.6 Å². The number of Topliss-reactive ketones (excluding diaryl/α,β-unsaturated/α-hetero) is 1. The first-order valence-electron chi connectivity index (χ1n) is 6.96. The minimum atomic E-state index is -4.66. The lowest BCUT2D eigenvalue weighted by Gasteiger charge is -2.07. The lowest BCUT2D eigenvalue weighted by molar-refractivity contribution is -0.00159. The fourth-order valence-electron chi connectivity index (χ4n) is 2.17. The van der Waals surface area contributed by atoms with Crippen molar-refractivity contribution in [3.8, 4) is 0 Å². The molecule has 0 fully saturated rings. The van der Waals surface area contributed by atoms with Gasteiger partial charge in [0, 0.05) is 11.8 Å². The Kier molecular flexibility index (Phi) is 5.03. The minimum Gasteiger partial charge on any atom is -0.360 e. The Labute approximate surface area is 145 Å². The van der Waals surface area contributed by atoms with Gasteiger partial charge in [-0.25, -0.2) is 16.8 Å². The van der Waals surface area contributed by atoms with Crippen molar-refractivity contribution in [2.45, 2.75) is 16.7 Å². The van der Waals surface area contributed by atoms with E-state index < -0.39 is 40.3 Å². The summed E-state index contributed by atoms with van der Waals surface area (Å²) in [5.74, 6) is -1.04. The molecule has 0 unspecified atom stereocenters. The van der Waals surface area contributed by atoms with Crippen molar-refractivity contribution in [1.82, 2.24) is 0 Å². The van der Waals surface area contributed by atoms with Crippen LogP contribution in [0.25, 0.3) is 5.53 Å². The first-order chi connectivity index (χ1) is 11.6. The molecule has 0 spiro atoms. The number of hydrogen-bond donors (Lipinski definition) is 0. The summed E-state index contributed by atoms with van der Waals surface area (Å²) >= 11 is 0. The van der Waals surface area contributed by atoms with Crippen LogP contribution in [0.3, 0.4) is 0 Å². The average Bonchev–Trinajstić information content (AvgIpc) is 2.55. The quantitative estimate of drug-likeness (QED) is 0.263. The first-order valence-corrected chi connectivity index (χ1v) is 10.3. The summed E-state index contributed by atoms with van der Waals surface area (Å²) < 4.78 is 49.5. The minimum absolute atomic E-state index is 0.00751. The largest absolute Gasteiger partial charge is 0.456 e. The van der Waals surface area contributed by atoms with Gasteiger partial charge in [-0.1, -0.05) is 36.4 Å². The predicted molar refractivity (Wildman–Crippen MR) is 90.9 cm³/mol. The van der Waals surface area contributed by atoms with Crippen LogP contribution in [-0.2, 0) is 19.7 Å². The highest BCUT2D eigenvalue weighted by Gasteiger charge is 2.40. The van der Waals surface area contributed by atoms with Crippen LogP contribution in [0.4, 0.5) is 0 Å². The number of aryl methyl sites for hydroxylation is 1. The second-order valence-electron chi connectivity index (χ2n) is 5.33. The molecule has 0 aromatic heterocycles. The van der Waals surface area contributed by atoms with Crippen molar-refractivity contribution < 1.29 is 26.4 Å². The molecule has 0 saturated carbocycles. The molecule has 0 aliphatic rings. The van der Waals surface area contributed by atoms with E-state index in [2.05, 4.69) is 4.79 Å². The van der Waals surface area contributed by atoms with E-state index in [1.54, 1.807) is 13.0 Å². The molecule has 130 valence electrons. The number of hydrogen-bond acceptors (Lipinski definition) is 5. The van der Waals surface area contributed by atoms with Crippen LogP contribution in [0, 0.1) is 6.92 Å². The Bertz CT molecular complexity index is 1100. The molecule has 7 nitrogen and oxygen atoms in total. The highest BCUT2D eigenvalue weighted by Crippen LogP contribution is 2.24. The molecule has 25 heavy (non-hydrogen) atoms. The van der Waals surface area contributed by atoms with Crippen LogP contribution in [0.2, 0.25) is 0 Å². The summed E-state index contributed by atoms with van der Waals surface area (Å²) in [6.07, 6.45) is 0.857. The van der Waals surface area contributed by atoms with E-state index >= 15 is 0 Å². The van der Waals surface area contributed by atoms with Crippen molar-refractivity contribution in [2.75, 3.05) is 6.26 Å². The maximum Gasteiger partial charge on any atom is 0.456 e. The van der Waals surface area contributed by atoms with Crippen molar-refractivity contribution in [3.05, 3.63) is 65.2 Å². The van der Waals surface area contributed by atoms with Crippen LogP contribution in [0.15, 0.2) is 58.3 Å². The second kappa shape index (κ2) is 6.72. The molecule has 0 N–H and O–H groups in total. The predicted octanol–water partition coefficient (Wildman–Crippen LogP) is 1.68. The zero-order chi connectivity index (χ0) is 18.8. The van der Waals surface area contributed by atoms with Crippen LogP contribution in [0.5, 0.6) is 0 Å². The topological polar surface area (TPSA) is 122 Å². The van der Waals surface area contributed by atoms with E-state index in [0.717, 1.165) is 12.3 Å². The third-order valence-electron chi connectivity index (χ3n) is 3.36. The first kappa shape index (κ1) is 18.7. The van der Waals surface area contributed by atoms with E-state index in [4.69, 9.17) is 5.53 Å². The van der Waals surface area contributed by atoms with E-state index in [0.29, 0.717) is 5.56 Å². The molecule has 0 saturated heterocycles. The number of nitrogens with zero attached hydrogens (tertiary/aromatic N) is 2. The zero-order valence-electron chi connectivity index (χ0n) is 13.4. The summed E-state index contributed by atoms with van der Waals surface area (Å²) in [6.45, 7) is 1.60.